The molecule has 3 nitrogen and oxygen atoms in total. The van der Waals surface area contributed by atoms with E-state index in [0.717, 1.165) is 19.5 Å². The third-order valence-electron chi connectivity index (χ3n) is 3.29. The van der Waals surface area contributed by atoms with Gasteiger partial charge in [0.15, 0.2) is 0 Å². The van der Waals surface area contributed by atoms with Crippen LogP contribution in [0.3, 0.4) is 0 Å². The molecule has 1 saturated heterocycles. The normalized spacial score (nSPS) is 27.1. The van der Waals surface area contributed by atoms with Gasteiger partial charge in [-0.2, -0.15) is 0 Å². The average Bonchev–Trinajstić information content (AvgIpc) is 2.79. The van der Waals surface area contributed by atoms with Crippen LogP contribution in [-0.4, -0.2) is 41.6 Å². The Morgan fingerprint density at radius 2 is 2.50 bits per heavy atom. The highest BCUT2D eigenvalue weighted by Crippen LogP contribution is 2.12. The Hall–Kier alpha value is -0.450. The van der Waals surface area contributed by atoms with Gasteiger partial charge in [-0.1, -0.05) is 6.92 Å². The van der Waals surface area contributed by atoms with Crippen molar-refractivity contribution in [1.29, 1.82) is 0 Å². The van der Waals surface area contributed by atoms with Crippen LogP contribution >= 0.6 is 11.3 Å². The Kier molecular flexibility index (Phi) is 4.32. The Morgan fingerprint density at radius 1 is 1.62 bits per heavy atom. The molecule has 1 aromatic heterocycles. The van der Waals surface area contributed by atoms with Gasteiger partial charge in [-0.15, -0.1) is 11.3 Å². The summed E-state index contributed by atoms with van der Waals surface area (Å²) in [7, 11) is 0. The second-order valence-electron chi connectivity index (χ2n) is 4.54. The summed E-state index contributed by atoms with van der Waals surface area (Å²) in [6.07, 6.45) is 4.23. The number of hydrogen-bond acceptors (Lipinski definition) is 4. The first-order valence-electron chi connectivity index (χ1n) is 6.15. The molecule has 0 aromatic carbocycles. The number of hydrogen-bond donors (Lipinski definition) is 1. The van der Waals surface area contributed by atoms with Crippen molar-refractivity contribution in [2.24, 2.45) is 0 Å². The molecule has 16 heavy (non-hydrogen) atoms. The zero-order valence-corrected chi connectivity index (χ0v) is 11.0. The minimum atomic E-state index is 0.624. The van der Waals surface area contributed by atoms with Crippen molar-refractivity contribution in [3.63, 3.8) is 0 Å². The molecule has 1 N–H and O–H groups in total. The van der Waals surface area contributed by atoms with Gasteiger partial charge in [0.2, 0.25) is 0 Å². The maximum Gasteiger partial charge on any atom is 0.0937 e. The van der Waals surface area contributed by atoms with Crippen LogP contribution in [0.4, 0.5) is 0 Å². The van der Waals surface area contributed by atoms with E-state index in [2.05, 4.69) is 34.4 Å². The molecule has 1 aliphatic rings. The first-order chi connectivity index (χ1) is 7.79. The van der Waals surface area contributed by atoms with Crippen molar-refractivity contribution in [1.82, 2.24) is 15.2 Å². The summed E-state index contributed by atoms with van der Waals surface area (Å²) in [4.78, 5) is 6.96. The molecule has 2 unspecified atom stereocenters. The zero-order chi connectivity index (χ0) is 11.4. The molecule has 0 aliphatic carbocycles. The van der Waals surface area contributed by atoms with Crippen molar-refractivity contribution in [2.45, 2.75) is 38.8 Å². The molecule has 0 amide bonds. The summed E-state index contributed by atoms with van der Waals surface area (Å²) in [5, 5.41) is 6.88. The Morgan fingerprint density at radius 3 is 3.19 bits per heavy atom. The van der Waals surface area contributed by atoms with Crippen molar-refractivity contribution < 1.29 is 0 Å². The van der Waals surface area contributed by atoms with Gasteiger partial charge in [-0.05, 0) is 13.3 Å². The van der Waals surface area contributed by atoms with Crippen LogP contribution in [0.5, 0.6) is 0 Å². The average molecular weight is 239 g/mol. The molecule has 2 atom stereocenters. The van der Waals surface area contributed by atoms with Crippen molar-refractivity contribution in [3.05, 3.63) is 16.6 Å². The van der Waals surface area contributed by atoms with Crippen LogP contribution in [-0.2, 0) is 6.42 Å². The lowest BCUT2D eigenvalue weighted by molar-refractivity contribution is 0.133. The van der Waals surface area contributed by atoms with E-state index in [1.54, 1.807) is 11.3 Å². The summed E-state index contributed by atoms with van der Waals surface area (Å²) >= 11 is 1.77. The van der Waals surface area contributed by atoms with Crippen LogP contribution in [0, 0.1) is 0 Å². The highest BCUT2D eigenvalue weighted by molar-refractivity contribution is 7.09. The molecular formula is C12H21N3S. The largest absolute Gasteiger partial charge is 0.311 e. The number of nitrogens with one attached hydrogen (secondary N) is 1. The molecule has 0 saturated carbocycles. The summed E-state index contributed by atoms with van der Waals surface area (Å²) < 4.78 is 0. The molecule has 1 fully saturated rings. The van der Waals surface area contributed by atoms with E-state index >= 15 is 0 Å². The van der Waals surface area contributed by atoms with Crippen molar-refractivity contribution in [3.8, 4) is 0 Å². The van der Waals surface area contributed by atoms with Crippen LogP contribution in [0.2, 0.25) is 0 Å². The van der Waals surface area contributed by atoms with Gasteiger partial charge in [0.05, 0.1) is 5.01 Å². The highest BCUT2D eigenvalue weighted by Gasteiger charge is 2.23. The maximum atomic E-state index is 4.35. The fraction of sp³-hybridized carbons (Fsp3) is 0.750. The Bertz CT molecular complexity index is 299. The molecule has 0 spiro atoms. The van der Waals surface area contributed by atoms with Crippen molar-refractivity contribution in [2.75, 3.05) is 19.6 Å². The molecule has 0 bridgehead atoms. The third kappa shape index (κ3) is 3.03. The molecular weight excluding hydrogens is 218 g/mol. The molecule has 1 aliphatic heterocycles. The zero-order valence-electron chi connectivity index (χ0n) is 10.1. The molecule has 2 heterocycles. The van der Waals surface area contributed by atoms with E-state index in [-0.39, 0.29) is 0 Å². The molecule has 2 rings (SSSR count). The first-order valence-corrected chi connectivity index (χ1v) is 7.03. The number of thiazole rings is 1. The van der Waals surface area contributed by atoms with Gasteiger partial charge in [-0.25, -0.2) is 4.98 Å². The Labute approximate surface area is 102 Å². The smallest absolute Gasteiger partial charge is 0.0937 e. The molecule has 0 radical (unpaired) electrons. The minimum Gasteiger partial charge on any atom is -0.311 e. The van der Waals surface area contributed by atoms with Crippen LogP contribution in [0.25, 0.3) is 0 Å². The standard InChI is InChI=1S/C12H21N3S/c1-3-11-8-14-10(2)9-15(11)6-4-12-13-5-7-16-12/h5,7,10-11,14H,3-4,6,8-9H2,1-2H3. The summed E-state index contributed by atoms with van der Waals surface area (Å²) in [6.45, 7) is 8.00. The van der Waals surface area contributed by atoms with Crippen LogP contribution < -0.4 is 5.32 Å². The second kappa shape index (κ2) is 5.75. The van der Waals surface area contributed by atoms with Gasteiger partial charge >= 0.3 is 0 Å². The number of piperazine rings is 1. The molecule has 90 valence electrons. The van der Waals surface area contributed by atoms with Crippen molar-refractivity contribution >= 4 is 11.3 Å². The second-order valence-corrected chi connectivity index (χ2v) is 5.52. The summed E-state index contributed by atoms with van der Waals surface area (Å²) in [5.74, 6) is 0. The van der Waals surface area contributed by atoms with E-state index in [1.165, 1.54) is 18.0 Å². The molecule has 4 heteroatoms. The maximum absolute atomic E-state index is 4.35. The summed E-state index contributed by atoms with van der Waals surface area (Å²) in [6, 6.07) is 1.33. The van der Waals surface area contributed by atoms with E-state index in [1.807, 2.05) is 6.20 Å². The quantitative estimate of drug-likeness (QED) is 0.868. The first kappa shape index (κ1) is 12.0. The predicted octanol–water partition coefficient (Wildman–Crippen LogP) is 1.76. The third-order valence-corrected chi connectivity index (χ3v) is 4.13. The van der Waals surface area contributed by atoms with E-state index in [9.17, 15) is 0 Å². The topological polar surface area (TPSA) is 28.2 Å². The van der Waals surface area contributed by atoms with Gasteiger partial charge in [0, 0.05) is 49.7 Å². The van der Waals surface area contributed by atoms with Gasteiger partial charge in [-0.3, -0.25) is 4.90 Å². The molecule has 1 aromatic rings. The number of rotatable bonds is 4. The lowest BCUT2D eigenvalue weighted by Gasteiger charge is -2.38. The fourth-order valence-corrected chi connectivity index (χ4v) is 2.93. The van der Waals surface area contributed by atoms with E-state index in [4.69, 9.17) is 0 Å². The predicted molar refractivity (Wildman–Crippen MR) is 68.9 cm³/mol. The highest BCUT2D eigenvalue weighted by atomic mass is 32.1. The van der Waals surface area contributed by atoms with Gasteiger partial charge in [0.1, 0.15) is 0 Å². The van der Waals surface area contributed by atoms with Gasteiger partial charge in [0.25, 0.3) is 0 Å². The summed E-state index contributed by atoms with van der Waals surface area (Å²) in [5.41, 5.74) is 0. The van der Waals surface area contributed by atoms with E-state index in [0.29, 0.717) is 12.1 Å². The van der Waals surface area contributed by atoms with Gasteiger partial charge < -0.3 is 5.32 Å². The fourth-order valence-electron chi connectivity index (χ4n) is 2.32. The lowest BCUT2D eigenvalue weighted by atomic mass is 10.1. The van der Waals surface area contributed by atoms with E-state index < -0.39 is 0 Å². The Balaban J connectivity index is 1.85. The van der Waals surface area contributed by atoms with Crippen LogP contribution in [0.1, 0.15) is 25.3 Å². The lowest BCUT2D eigenvalue weighted by Crippen LogP contribution is -2.55. The SMILES string of the molecule is CCC1CNC(C)CN1CCc1nccs1. The number of aromatic nitrogens is 1. The van der Waals surface area contributed by atoms with Crippen LogP contribution in [0.15, 0.2) is 11.6 Å². The number of nitrogens with zero attached hydrogens (tertiary/aromatic N) is 2. The monoisotopic (exact) mass is 239 g/mol. The minimum absolute atomic E-state index is 0.624.